The van der Waals surface area contributed by atoms with Gasteiger partial charge >= 0.3 is 6.09 Å². The van der Waals surface area contributed by atoms with E-state index in [4.69, 9.17) is 0 Å². The van der Waals surface area contributed by atoms with Gasteiger partial charge < -0.3 is 14.8 Å². The first-order valence-electron chi connectivity index (χ1n) is 7.92. The molecule has 132 valence electrons. The van der Waals surface area contributed by atoms with Gasteiger partial charge in [-0.3, -0.25) is 0 Å². The van der Waals surface area contributed by atoms with Gasteiger partial charge in [0.1, 0.15) is 6.29 Å². The van der Waals surface area contributed by atoms with Crippen LogP contribution in [0.5, 0.6) is 0 Å². The van der Waals surface area contributed by atoms with Crippen molar-refractivity contribution in [2.75, 3.05) is 6.54 Å². The molecule has 4 nitrogen and oxygen atoms in total. The first-order chi connectivity index (χ1) is 11.0. The molecular formula is C18H23F2NO3. The summed E-state index contributed by atoms with van der Waals surface area (Å²) >= 11 is 0. The summed E-state index contributed by atoms with van der Waals surface area (Å²) in [7, 11) is 0. The van der Waals surface area contributed by atoms with Gasteiger partial charge in [-0.1, -0.05) is 26.8 Å². The average Bonchev–Trinajstić information content (AvgIpc) is 2.48. The number of carboxylic acid groups (broad SMARTS) is 1. The molecule has 1 N–H and O–H groups in total. The van der Waals surface area contributed by atoms with E-state index in [1.807, 2.05) is 27.7 Å². The number of benzene rings is 1. The van der Waals surface area contributed by atoms with Crippen molar-refractivity contribution in [1.29, 1.82) is 0 Å². The van der Waals surface area contributed by atoms with Crippen molar-refractivity contribution < 1.29 is 23.5 Å². The van der Waals surface area contributed by atoms with Crippen molar-refractivity contribution in [3.05, 3.63) is 35.4 Å². The fraction of sp³-hybridized carbons (Fsp3) is 0.556. The molecule has 3 atom stereocenters. The molecule has 0 saturated carbocycles. The number of likely N-dealkylation sites (tertiary alicyclic amines) is 1. The first kappa shape index (κ1) is 18.4. The molecule has 1 aliphatic rings. The third-order valence-corrected chi connectivity index (χ3v) is 5.52. The summed E-state index contributed by atoms with van der Waals surface area (Å²) in [6.07, 6.45) is -0.00972. The van der Waals surface area contributed by atoms with Crippen LogP contribution >= 0.6 is 0 Å². The summed E-state index contributed by atoms with van der Waals surface area (Å²) in [5.41, 5.74) is -0.615. The molecule has 1 fully saturated rings. The van der Waals surface area contributed by atoms with Gasteiger partial charge in [0.05, 0.1) is 0 Å². The number of nitrogens with zero attached hydrogens (tertiary/aromatic N) is 1. The summed E-state index contributed by atoms with van der Waals surface area (Å²) in [6.45, 7) is 7.69. The zero-order valence-electron chi connectivity index (χ0n) is 14.3. The van der Waals surface area contributed by atoms with Crippen LogP contribution in [0, 0.1) is 23.0 Å². The Labute approximate surface area is 140 Å². The molecule has 24 heavy (non-hydrogen) atoms. The van der Waals surface area contributed by atoms with E-state index in [0.717, 1.165) is 12.1 Å². The number of piperidine rings is 1. The molecule has 1 saturated heterocycles. The fourth-order valence-electron chi connectivity index (χ4n) is 3.48. The highest BCUT2D eigenvalue weighted by Crippen LogP contribution is 2.48. The number of carbonyl (C=O) groups is 2. The Bertz CT molecular complexity index is 656. The summed E-state index contributed by atoms with van der Waals surface area (Å²) < 4.78 is 26.9. The molecule has 2 rings (SSSR count). The molecule has 0 aromatic heterocycles. The van der Waals surface area contributed by atoms with Crippen molar-refractivity contribution in [3.63, 3.8) is 0 Å². The summed E-state index contributed by atoms with van der Waals surface area (Å²) in [5.74, 6) is -2.86. The van der Waals surface area contributed by atoms with E-state index in [1.54, 1.807) is 0 Å². The predicted octanol–water partition coefficient (Wildman–Crippen LogP) is 4.05. The highest BCUT2D eigenvalue weighted by atomic mass is 19.2. The van der Waals surface area contributed by atoms with Crippen LogP contribution in [0.1, 0.15) is 45.6 Å². The van der Waals surface area contributed by atoms with Crippen molar-refractivity contribution in [1.82, 2.24) is 4.90 Å². The number of carbonyl (C=O) groups excluding carboxylic acids is 1. The van der Waals surface area contributed by atoms with Crippen LogP contribution < -0.4 is 0 Å². The minimum Gasteiger partial charge on any atom is -0.465 e. The Hall–Kier alpha value is -1.98. The van der Waals surface area contributed by atoms with E-state index in [1.165, 1.54) is 11.0 Å². The molecule has 0 bridgehead atoms. The third-order valence-electron chi connectivity index (χ3n) is 5.52. The molecule has 1 aromatic carbocycles. The summed E-state index contributed by atoms with van der Waals surface area (Å²) in [5, 5.41) is 9.59. The summed E-state index contributed by atoms with van der Waals surface area (Å²) in [4.78, 5) is 24.6. The minimum atomic E-state index is -1.08. The van der Waals surface area contributed by atoms with Gasteiger partial charge in [0, 0.05) is 18.0 Å². The highest BCUT2D eigenvalue weighted by molar-refractivity contribution is 5.68. The van der Waals surface area contributed by atoms with Crippen molar-refractivity contribution in [3.8, 4) is 0 Å². The molecule has 1 aliphatic heterocycles. The van der Waals surface area contributed by atoms with Crippen LogP contribution in [0.3, 0.4) is 0 Å². The second-order valence-corrected chi connectivity index (χ2v) is 7.70. The second kappa shape index (κ2) is 6.15. The van der Waals surface area contributed by atoms with E-state index < -0.39 is 34.6 Å². The monoisotopic (exact) mass is 339 g/mol. The van der Waals surface area contributed by atoms with Crippen molar-refractivity contribution in [2.24, 2.45) is 11.3 Å². The lowest BCUT2D eigenvalue weighted by Crippen LogP contribution is -2.62. The van der Waals surface area contributed by atoms with E-state index in [2.05, 4.69) is 0 Å². The van der Waals surface area contributed by atoms with Gasteiger partial charge in [-0.15, -0.1) is 0 Å². The smallest absolute Gasteiger partial charge is 0.407 e. The lowest BCUT2D eigenvalue weighted by Gasteiger charge is -2.55. The second-order valence-electron chi connectivity index (χ2n) is 7.70. The third kappa shape index (κ3) is 3.01. The maximum absolute atomic E-state index is 13.6. The molecule has 0 spiro atoms. The molecule has 0 unspecified atom stereocenters. The quantitative estimate of drug-likeness (QED) is 0.827. The van der Waals surface area contributed by atoms with Crippen molar-refractivity contribution >= 4 is 12.4 Å². The van der Waals surface area contributed by atoms with Crippen LogP contribution in [0.4, 0.5) is 13.6 Å². The molecule has 0 aliphatic carbocycles. The number of hydrogen-bond acceptors (Lipinski definition) is 2. The standard InChI is InChI=1S/C18H23F2NO3/c1-17(2,3)18(4)8-13(11-5-6-14(19)15(20)7-11)12(10-22)9-21(18)16(23)24/h5-7,10,12-13H,8-9H2,1-4H3,(H,23,24)/t12-,13-,18+/m1/s1. The lowest BCUT2D eigenvalue weighted by molar-refractivity contribution is -0.116. The van der Waals surface area contributed by atoms with Crippen LogP contribution in [0.15, 0.2) is 18.2 Å². The van der Waals surface area contributed by atoms with E-state index in [-0.39, 0.29) is 12.5 Å². The van der Waals surface area contributed by atoms with Crippen LogP contribution in [-0.2, 0) is 4.79 Å². The maximum Gasteiger partial charge on any atom is 0.407 e. The Balaban J connectivity index is 2.50. The van der Waals surface area contributed by atoms with Gasteiger partial charge in [-0.25, -0.2) is 13.6 Å². The van der Waals surface area contributed by atoms with Crippen molar-refractivity contribution in [2.45, 2.75) is 45.6 Å². The molecule has 1 aromatic rings. The Morgan fingerprint density at radius 3 is 2.42 bits per heavy atom. The maximum atomic E-state index is 13.6. The molecular weight excluding hydrogens is 316 g/mol. The zero-order valence-corrected chi connectivity index (χ0v) is 14.3. The number of halogens is 2. The fourth-order valence-corrected chi connectivity index (χ4v) is 3.48. The highest BCUT2D eigenvalue weighted by Gasteiger charge is 2.52. The van der Waals surface area contributed by atoms with Gasteiger partial charge in [-0.05, 0) is 42.4 Å². The van der Waals surface area contributed by atoms with Gasteiger partial charge in [0.15, 0.2) is 11.6 Å². The van der Waals surface area contributed by atoms with Crippen LogP contribution in [0.25, 0.3) is 0 Å². The molecule has 1 amide bonds. The lowest BCUT2D eigenvalue weighted by atomic mass is 9.63. The Morgan fingerprint density at radius 1 is 1.33 bits per heavy atom. The van der Waals surface area contributed by atoms with E-state index in [0.29, 0.717) is 18.3 Å². The van der Waals surface area contributed by atoms with E-state index in [9.17, 15) is 23.5 Å². The predicted molar refractivity (Wildman–Crippen MR) is 85.9 cm³/mol. The molecule has 1 heterocycles. The topological polar surface area (TPSA) is 57.6 Å². The minimum absolute atomic E-state index is 0.0380. The van der Waals surface area contributed by atoms with E-state index >= 15 is 0 Å². The first-order valence-corrected chi connectivity index (χ1v) is 7.92. The number of rotatable bonds is 2. The number of amides is 1. The largest absolute Gasteiger partial charge is 0.465 e. The number of aldehydes is 1. The summed E-state index contributed by atoms with van der Waals surface area (Å²) in [6, 6.07) is 3.62. The Morgan fingerprint density at radius 2 is 1.96 bits per heavy atom. The van der Waals surface area contributed by atoms with Gasteiger partial charge in [0.25, 0.3) is 0 Å². The zero-order chi connectivity index (χ0) is 18.3. The van der Waals surface area contributed by atoms with Crippen LogP contribution in [0.2, 0.25) is 0 Å². The van der Waals surface area contributed by atoms with Crippen LogP contribution in [-0.4, -0.2) is 34.5 Å². The van der Waals surface area contributed by atoms with Gasteiger partial charge in [0.2, 0.25) is 0 Å². The SMILES string of the molecule is CC(C)(C)[C@]1(C)C[C@H](c2ccc(F)c(F)c2)[C@@H](C=O)CN1C(=O)O. The number of hydrogen-bond donors (Lipinski definition) is 1. The molecule has 0 radical (unpaired) electrons. The Kier molecular flexibility index (Phi) is 4.70. The average molecular weight is 339 g/mol. The normalized spacial score (nSPS) is 27.8. The van der Waals surface area contributed by atoms with Gasteiger partial charge in [-0.2, -0.15) is 0 Å². The molecule has 6 heteroatoms.